The summed E-state index contributed by atoms with van der Waals surface area (Å²) in [6.07, 6.45) is 0. The Kier molecular flexibility index (Phi) is 5.74. The molecule has 0 amide bonds. The van der Waals surface area contributed by atoms with Crippen molar-refractivity contribution >= 4 is 17.6 Å². The zero-order chi connectivity index (χ0) is 20.9. The lowest BCUT2D eigenvalue weighted by molar-refractivity contribution is 0.174. The molecule has 3 aromatic rings. The van der Waals surface area contributed by atoms with Gasteiger partial charge in [-0.15, -0.1) is 11.8 Å². The monoisotopic (exact) mass is 414 g/mol. The van der Waals surface area contributed by atoms with Crippen LogP contribution in [0, 0.1) is 22.7 Å². The summed E-state index contributed by atoms with van der Waals surface area (Å²) in [6.45, 7) is 2.71. The Hall–Kier alpha value is -3.68. The molecule has 0 spiro atoms. The first-order valence-corrected chi connectivity index (χ1v) is 10.4. The first-order chi connectivity index (χ1) is 14.7. The second-order valence-electron chi connectivity index (χ2n) is 6.49. The molecule has 1 aliphatic rings. The Bertz CT molecular complexity index is 1170. The molecule has 0 saturated carbocycles. The summed E-state index contributed by atoms with van der Waals surface area (Å²) >= 11 is 1.48. The van der Waals surface area contributed by atoms with Crippen LogP contribution in [0.4, 0.5) is 5.82 Å². The van der Waals surface area contributed by atoms with E-state index in [1.165, 1.54) is 11.8 Å². The van der Waals surface area contributed by atoms with Gasteiger partial charge in [-0.05, 0) is 30.2 Å². The van der Waals surface area contributed by atoms with Gasteiger partial charge in [0.2, 0.25) is 6.79 Å². The van der Waals surface area contributed by atoms with Crippen molar-refractivity contribution in [3.05, 3.63) is 65.2 Å². The van der Waals surface area contributed by atoms with Crippen molar-refractivity contribution in [2.45, 2.75) is 17.7 Å². The minimum absolute atomic E-state index is 0.159. The van der Waals surface area contributed by atoms with E-state index in [1.54, 1.807) is 12.1 Å². The summed E-state index contributed by atoms with van der Waals surface area (Å²) in [6, 6.07) is 20.0. The van der Waals surface area contributed by atoms with Crippen LogP contribution in [-0.2, 0) is 5.75 Å². The summed E-state index contributed by atoms with van der Waals surface area (Å²) in [5.41, 5.74) is 3.13. The van der Waals surface area contributed by atoms with Gasteiger partial charge >= 0.3 is 0 Å². The van der Waals surface area contributed by atoms with Crippen LogP contribution >= 0.6 is 11.8 Å². The topological polar surface area (TPSA) is 91.0 Å². The lowest BCUT2D eigenvalue weighted by atomic mass is 9.96. The number of rotatable bonds is 6. The molecule has 6 nitrogen and oxygen atoms in total. The maximum Gasteiger partial charge on any atom is 0.231 e. The van der Waals surface area contributed by atoms with Crippen LogP contribution in [0.15, 0.2) is 53.6 Å². The van der Waals surface area contributed by atoms with Crippen molar-refractivity contribution in [2.24, 2.45) is 0 Å². The molecule has 1 aliphatic heterocycles. The Balaban J connectivity index is 1.85. The van der Waals surface area contributed by atoms with E-state index in [-0.39, 0.29) is 6.79 Å². The average Bonchev–Trinajstić information content (AvgIpc) is 3.26. The molecule has 1 aromatic heterocycles. The van der Waals surface area contributed by atoms with Crippen LogP contribution < -0.4 is 14.8 Å². The summed E-state index contributed by atoms with van der Waals surface area (Å²) in [5, 5.41) is 23.7. The number of hydrogen-bond acceptors (Lipinski definition) is 7. The number of ether oxygens (including phenoxy) is 2. The van der Waals surface area contributed by atoms with Gasteiger partial charge in [-0.3, -0.25) is 0 Å². The fourth-order valence-electron chi connectivity index (χ4n) is 3.24. The lowest BCUT2D eigenvalue weighted by Crippen LogP contribution is -2.07. The molecule has 0 saturated heterocycles. The highest BCUT2D eigenvalue weighted by atomic mass is 32.2. The fourth-order valence-corrected chi connectivity index (χ4v) is 4.19. The zero-order valence-electron chi connectivity index (χ0n) is 16.3. The van der Waals surface area contributed by atoms with Crippen molar-refractivity contribution < 1.29 is 9.47 Å². The van der Waals surface area contributed by atoms with E-state index in [1.807, 2.05) is 43.3 Å². The van der Waals surface area contributed by atoms with E-state index in [4.69, 9.17) is 9.47 Å². The molecule has 148 valence electrons. The van der Waals surface area contributed by atoms with Crippen molar-refractivity contribution in [1.29, 1.82) is 10.5 Å². The Labute approximate surface area is 179 Å². The van der Waals surface area contributed by atoms with Gasteiger partial charge in [-0.25, -0.2) is 4.98 Å². The van der Waals surface area contributed by atoms with Crippen LogP contribution in [0.5, 0.6) is 11.5 Å². The summed E-state index contributed by atoms with van der Waals surface area (Å²) in [5.74, 6) is 2.39. The minimum Gasteiger partial charge on any atom is -0.454 e. The van der Waals surface area contributed by atoms with Crippen molar-refractivity contribution in [2.75, 3.05) is 18.7 Å². The highest BCUT2D eigenvalue weighted by molar-refractivity contribution is 7.98. The SMILES string of the molecule is CCNc1nc(SCc2ccccc2)c(C#N)c(-c2ccc3c(c2)OCO3)c1C#N. The van der Waals surface area contributed by atoms with Crippen LogP contribution in [0.1, 0.15) is 23.6 Å². The normalized spacial score (nSPS) is 11.6. The van der Waals surface area contributed by atoms with Crippen molar-refractivity contribution in [3.63, 3.8) is 0 Å². The molecule has 0 bridgehead atoms. The van der Waals surface area contributed by atoms with Crippen LogP contribution in [-0.4, -0.2) is 18.3 Å². The third-order valence-electron chi connectivity index (χ3n) is 4.61. The highest BCUT2D eigenvalue weighted by Gasteiger charge is 2.23. The van der Waals surface area contributed by atoms with Gasteiger partial charge in [-0.1, -0.05) is 36.4 Å². The Morgan fingerprint density at radius 3 is 2.53 bits per heavy atom. The second kappa shape index (κ2) is 8.77. The standard InChI is InChI=1S/C23H18N4O2S/c1-2-26-22-17(11-24)21(16-8-9-19-20(10-16)29-14-28-19)18(12-25)23(27-22)30-13-15-6-4-3-5-7-15/h3-10H,2,13-14H2,1H3,(H,26,27). The molecule has 7 heteroatoms. The smallest absolute Gasteiger partial charge is 0.231 e. The molecular weight excluding hydrogens is 396 g/mol. The molecule has 1 N–H and O–H groups in total. The minimum atomic E-state index is 0.159. The molecule has 30 heavy (non-hydrogen) atoms. The number of fused-ring (bicyclic) bond motifs is 1. The summed E-state index contributed by atoms with van der Waals surface area (Å²) in [7, 11) is 0. The molecule has 2 heterocycles. The number of nitriles is 2. The number of benzene rings is 2. The van der Waals surface area contributed by atoms with Crippen LogP contribution in [0.25, 0.3) is 11.1 Å². The fraction of sp³-hybridized carbons (Fsp3) is 0.174. The predicted molar refractivity (Wildman–Crippen MR) is 115 cm³/mol. The summed E-state index contributed by atoms with van der Waals surface area (Å²) < 4.78 is 10.9. The number of anilines is 1. The van der Waals surface area contributed by atoms with E-state index in [0.717, 1.165) is 11.1 Å². The zero-order valence-corrected chi connectivity index (χ0v) is 17.1. The maximum absolute atomic E-state index is 10.0. The van der Waals surface area contributed by atoms with Gasteiger partial charge in [0.1, 0.15) is 28.5 Å². The molecule has 0 aliphatic carbocycles. The molecule has 0 radical (unpaired) electrons. The molecule has 0 fully saturated rings. The molecular formula is C23H18N4O2S. The van der Waals surface area contributed by atoms with E-state index < -0.39 is 0 Å². The number of thioether (sulfide) groups is 1. The number of hydrogen-bond donors (Lipinski definition) is 1. The third kappa shape index (κ3) is 3.76. The van der Waals surface area contributed by atoms with Crippen molar-refractivity contribution in [3.8, 4) is 34.8 Å². The van der Waals surface area contributed by atoms with E-state index in [0.29, 0.717) is 51.3 Å². The maximum atomic E-state index is 10.0. The molecule has 0 unspecified atom stereocenters. The molecule has 2 aromatic carbocycles. The van der Waals surface area contributed by atoms with Gasteiger partial charge in [-0.2, -0.15) is 10.5 Å². The molecule has 4 rings (SSSR count). The Morgan fingerprint density at radius 2 is 1.80 bits per heavy atom. The Morgan fingerprint density at radius 1 is 1.03 bits per heavy atom. The van der Waals surface area contributed by atoms with Gasteiger partial charge in [0.25, 0.3) is 0 Å². The van der Waals surface area contributed by atoms with Gasteiger partial charge in [0.05, 0.1) is 5.56 Å². The van der Waals surface area contributed by atoms with Gasteiger partial charge < -0.3 is 14.8 Å². The van der Waals surface area contributed by atoms with Gasteiger partial charge in [0, 0.05) is 17.9 Å². The number of nitrogens with one attached hydrogen (secondary N) is 1. The van der Waals surface area contributed by atoms with Crippen LogP contribution in [0.3, 0.4) is 0 Å². The van der Waals surface area contributed by atoms with Crippen LogP contribution in [0.2, 0.25) is 0 Å². The van der Waals surface area contributed by atoms with Crippen molar-refractivity contribution in [1.82, 2.24) is 4.98 Å². The second-order valence-corrected chi connectivity index (χ2v) is 7.45. The average molecular weight is 414 g/mol. The number of nitrogens with zero attached hydrogens (tertiary/aromatic N) is 3. The number of pyridine rings is 1. The van der Waals surface area contributed by atoms with E-state index in [9.17, 15) is 10.5 Å². The first kappa shape index (κ1) is 19.6. The van der Waals surface area contributed by atoms with E-state index in [2.05, 4.69) is 22.4 Å². The van der Waals surface area contributed by atoms with Gasteiger partial charge in [0.15, 0.2) is 11.5 Å². The highest BCUT2D eigenvalue weighted by Crippen LogP contribution is 2.41. The quantitative estimate of drug-likeness (QED) is 0.571. The lowest BCUT2D eigenvalue weighted by Gasteiger charge is -2.15. The molecule has 0 atom stereocenters. The summed E-state index contributed by atoms with van der Waals surface area (Å²) in [4.78, 5) is 4.63. The first-order valence-electron chi connectivity index (χ1n) is 9.44. The third-order valence-corrected chi connectivity index (χ3v) is 5.66. The predicted octanol–water partition coefficient (Wildman–Crippen LogP) is 4.94. The largest absolute Gasteiger partial charge is 0.454 e. The number of aromatic nitrogens is 1. The van der Waals surface area contributed by atoms with E-state index >= 15 is 0 Å².